The minimum absolute atomic E-state index is 0.256. The minimum Gasteiger partial charge on any atom is -0.429 e. The van der Waals surface area contributed by atoms with Crippen LogP contribution in [0.4, 0.5) is 48.3 Å². The number of benzene rings is 4. The van der Waals surface area contributed by atoms with E-state index in [9.17, 15) is 48.3 Å². The highest BCUT2D eigenvalue weighted by Crippen LogP contribution is 2.38. The number of hydrogen-bond acceptors (Lipinski definition) is 2. The van der Waals surface area contributed by atoms with Gasteiger partial charge in [-0.05, 0) is 66.1 Å². The van der Waals surface area contributed by atoms with Gasteiger partial charge in [0.2, 0.25) is 0 Å². The lowest BCUT2D eigenvalue weighted by molar-refractivity contribution is -0.189. The molecular formula is C33H19F11O2. The van der Waals surface area contributed by atoms with Crippen LogP contribution in [-0.4, -0.2) is 6.11 Å². The molecule has 0 bridgehead atoms. The summed E-state index contributed by atoms with van der Waals surface area (Å²) in [4.78, 5) is 0. The standard InChI is InChI=1S/C33H19F11O2/c1-2-3-18-4-6-19(7-5-18)8-9-20-12-25(35)30(26(36)13-20)33(43,44)45-22-10-11-23(24(34)16-22)21-14-27(37)31(28(38)15-21)46-32(41,42)17-29(39)40/h4-7,10-17H,2-3H2,1H3. The maximum atomic E-state index is 14.9. The highest BCUT2D eigenvalue weighted by Gasteiger charge is 2.41. The number of rotatable bonds is 9. The Kier molecular flexibility index (Phi) is 9.99. The quantitative estimate of drug-likeness (QED) is 0.132. The topological polar surface area (TPSA) is 18.5 Å². The second-order valence-electron chi connectivity index (χ2n) is 9.64. The third-order valence-electron chi connectivity index (χ3n) is 6.19. The van der Waals surface area contributed by atoms with Gasteiger partial charge in [0.05, 0.1) is 6.08 Å². The van der Waals surface area contributed by atoms with Crippen molar-refractivity contribution >= 4 is 0 Å². The van der Waals surface area contributed by atoms with E-state index in [1.54, 1.807) is 12.1 Å². The normalized spacial score (nSPS) is 11.5. The number of halogens is 11. The second kappa shape index (κ2) is 13.6. The fourth-order valence-corrected chi connectivity index (χ4v) is 4.21. The third-order valence-corrected chi connectivity index (χ3v) is 6.19. The maximum Gasteiger partial charge on any atom is 0.432 e. The molecule has 0 atom stereocenters. The van der Waals surface area contributed by atoms with Crippen LogP contribution in [0.3, 0.4) is 0 Å². The molecule has 0 aliphatic rings. The first-order valence-electron chi connectivity index (χ1n) is 13.2. The van der Waals surface area contributed by atoms with Gasteiger partial charge in [0.15, 0.2) is 17.4 Å². The lowest BCUT2D eigenvalue weighted by Gasteiger charge is -2.20. The molecule has 0 unspecified atom stereocenters. The van der Waals surface area contributed by atoms with Gasteiger partial charge in [-0.1, -0.05) is 37.3 Å². The number of alkyl halides is 4. The van der Waals surface area contributed by atoms with E-state index >= 15 is 0 Å². The first-order valence-corrected chi connectivity index (χ1v) is 13.2. The largest absolute Gasteiger partial charge is 0.432 e. The van der Waals surface area contributed by atoms with Crippen LogP contribution in [0.25, 0.3) is 11.1 Å². The molecule has 0 saturated carbocycles. The molecule has 0 amide bonds. The van der Waals surface area contributed by atoms with Gasteiger partial charge in [0.1, 0.15) is 28.8 Å². The van der Waals surface area contributed by atoms with Gasteiger partial charge >= 0.3 is 12.2 Å². The molecule has 2 nitrogen and oxygen atoms in total. The van der Waals surface area contributed by atoms with Crippen molar-refractivity contribution in [3.05, 3.63) is 130 Å². The van der Waals surface area contributed by atoms with Crippen LogP contribution in [0.5, 0.6) is 11.5 Å². The van der Waals surface area contributed by atoms with Gasteiger partial charge in [-0.15, -0.1) is 0 Å². The van der Waals surface area contributed by atoms with Gasteiger partial charge in [-0.2, -0.15) is 26.3 Å². The number of hydrogen-bond donors (Lipinski definition) is 0. The van der Waals surface area contributed by atoms with Gasteiger partial charge in [0, 0.05) is 22.8 Å². The number of ether oxygens (including phenoxy) is 2. The second-order valence-corrected chi connectivity index (χ2v) is 9.64. The molecule has 0 aliphatic heterocycles. The van der Waals surface area contributed by atoms with E-state index in [1.165, 1.54) is 0 Å². The first kappa shape index (κ1) is 33.9. The summed E-state index contributed by atoms with van der Waals surface area (Å²) in [6, 6.07) is 10.5. The van der Waals surface area contributed by atoms with Crippen molar-refractivity contribution in [3.8, 4) is 34.5 Å². The summed E-state index contributed by atoms with van der Waals surface area (Å²) < 4.78 is 162. The van der Waals surface area contributed by atoms with Crippen LogP contribution in [0, 0.1) is 40.9 Å². The summed E-state index contributed by atoms with van der Waals surface area (Å²) in [5, 5.41) is 0. The predicted molar refractivity (Wildman–Crippen MR) is 145 cm³/mol. The van der Waals surface area contributed by atoms with Crippen molar-refractivity contribution in [2.75, 3.05) is 0 Å². The Morgan fingerprint density at radius 2 is 1.28 bits per heavy atom. The number of aryl methyl sites for hydroxylation is 1. The summed E-state index contributed by atoms with van der Waals surface area (Å²) in [6.07, 6.45) is -11.6. The van der Waals surface area contributed by atoms with Crippen molar-refractivity contribution in [2.24, 2.45) is 0 Å². The van der Waals surface area contributed by atoms with Gasteiger partial charge < -0.3 is 9.47 Å². The Morgan fingerprint density at radius 3 is 1.83 bits per heavy atom. The Labute approximate surface area is 254 Å². The van der Waals surface area contributed by atoms with Gasteiger partial charge in [-0.3, -0.25) is 0 Å². The highest BCUT2D eigenvalue weighted by molar-refractivity contribution is 5.66. The van der Waals surface area contributed by atoms with Crippen molar-refractivity contribution in [1.29, 1.82) is 0 Å². The summed E-state index contributed by atoms with van der Waals surface area (Å²) in [5.41, 5.74) is -1.77. The molecule has 0 spiro atoms. The molecular weight excluding hydrogens is 637 g/mol. The summed E-state index contributed by atoms with van der Waals surface area (Å²) in [5.74, 6) is -6.08. The smallest absolute Gasteiger partial charge is 0.429 e. The van der Waals surface area contributed by atoms with Crippen molar-refractivity contribution in [3.63, 3.8) is 0 Å². The maximum absolute atomic E-state index is 14.9. The van der Waals surface area contributed by atoms with Crippen molar-refractivity contribution < 1.29 is 57.8 Å². The lowest BCUT2D eigenvalue weighted by atomic mass is 10.0. The van der Waals surface area contributed by atoms with E-state index < -0.39 is 81.6 Å². The lowest BCUT2D eigenvalue weighted by Crippen LogP contribution is -2.25. The van der Waals surface area contributed by atoms with E-state index in [4.69, 9.17) is 0 Å². The Bertz CT molecular complexity index is 1790. The Balaban J connectivity index is 1.54. The molecule has 0 aliphatic carbocycles. The molecule has 13 heteroatoms. The molecule has 0 radical (unpaired) electrons. The van der Waals surface area contributed by atoms with E-state index in [-0.39, 0.29) is 5.56 Å². The Hall–Kier alpha value is -4.99. The molecule has 0 N–H and O–H groups in total. The van der Waals surface area contributed by atoms with Crippen LogP contribution in [-0.2, 0) is 12.5 Å². The molecule has 0 fully saturated rings. The molecule has 4 aromatic rings. The molecule has 4 aromatic carbocycles. The molecule has 0 aromatic heterocycles. The molecule has 240 valence electrons. The first-order chi connectivity index (χ1) is 21.6. The van der Waals surface area contributed by atoms with E-state index in [2.05, 4.69) is 21.3 Å². The Morgan fingerprint density at radius 1 is 0.696 bits per heavy atom. The van der Waals surface area contributed by atoms with E-state index in [0.29, 0.717) is 48.0 Å². The average molecular weight is 656 g/mol. The monoisotopic (exact) mass is 656 g/mol. The zero-order chi connectivity index (χ0) is 33.8. The SMILES string of the molecule is CCCc1ccc(C#Cc2cc(F)c(C(F)(F)Oc3ccc(-c4cc(F)c(OC(F)(F)C=C(F)F)c(F)c4)c(F)c3)c(F)c2)cc1. The third kappa shape index (κ3) is 8.18. The molecule has 46 heavy (non-hydrogen) atoms. The zero-order valence-electron chi connectivity index (χ0n) is 23.3. The van der Waals surface area contributed by atoms with Crippen LogP contribution >= 0.6 is 0 Å². The van der Waals surface area contributed by atoms with Crippen LogP contribution in [0.15, 0.2) is 78.9 Å². The minimum atomic E-state index is -4.80. The van der Waals surface area contributed by atoms with E-state index in [0.717, 1.165) is 18.4 Å². The van der Waals surface area contributed by atoms with Crippen LogP contribution in [0.1, 0.15) is 35.6 Å². The van der Waals surface area contributed by atoms with Gasteiger partial charge in [0.25, 0.3) is 6.08 Å². The summed E-state index contributed by atoms with van der Waals surface area (Å²) in [7, 11) is 0. The highest BCUT2D eigenvalue weighted by atomic mass is 19.3. The van der Waals surface area contributed by atoms with Crippen molar-refractivity contribution in [1.82, 2.24) is 0 Å². The summed E-state index contributed by atoms with van der Waals surface area (Å²) in [6.45, 7) is 2.01. The van der Waals surface area contributed by atoms with Gasteiger partial charge in [-0.25, -0.2) is 22.0 Å². The fraction of sp³-hybridized carbons (Fsp3) is 0.152. The van der Waals surface area contributed by atoms with Crippen molar-refractivity contribution in [2.45, 2.75) is 32.0 Å². The molecule has 0 saturated heterocycles. The van der Waals surface area contributed by atoms with E-state index in [1.807, 2.05) is 19.1 Å². The zero-order valence-corrected chi connectivity index (χ0v) is 23.3. The average Bonchev–Trinajstić information content (AvgIpc) is 2.93. The summed E-state index contributed by atoms with van der Waals surface area (Å²) >= 11 is 0. The van der Waals surface area contributed by atoms with Crippen LogP contribution < -0.4 is 9.47 Å². The van der Waals surface area contributed by atoms with Crippen LogP contribution in [0.2, 0.25) is 0 Å². The fourth-order valence-electron chi connectivity index (χ4n) is 4.21. The predicted octanol–water partition coefficient (Wildman–Crippen LogP) is 10.3. The molecule has 4 rings (SSSR count). The molecule has 0 heterocycles.